The molecular formula is C42H41F3N8O7. The first-order valence-electron chi connectivity index (χ1n) is 20.0. The number of amides is 6. The van der Waals surface area contributed by atoms with Crippen LogP contribution in [0.5, 0.6) is 5.75 Å². The quantitative estimate of drug-likeness (QED) is 0.242. The highest BCUT2D eigenvalue weighted by atomic mass is 19.4. The van der Waals surface area contributed by atoms with E-state index in [-0.39, 0.29) is 58.6 Å². The van der Waals surface area contributed by atoms with Crippen molar-refractivity contribution >= 4 is 57.7 Å². The average Bonchev–Trinajstić information content (AvgIpc) is 3.75. The second kappa shape index (κ2) is 14.7. The smallest absolute Gasteiger partial charge is 0.433 e. The molecule has 2 aromatic heterocycles. The Morgan fingerprint density at radius 1 is 0.917 bits per heavy atom. The van der Waals surface area contributed by atoms with Crippen LogP contribution in [0, 0.1) is 11.3 Å². The highest BCUT2D eigenvalue weighted by Gasteiger charge is 2.48. The zero-order valence-corrected chi connectivity index (χ0v) is 32.6. The van der Waals surface area contributed by atoms with Gasteiger partial charge in [-0.1, -0.05) is 6.07 Å². The standard InChI is InChI=1S/C42H41F3N8O7/c1-60-33-19-30-24(17-31(33)47-36(55)29-3-2-4-34(46-29)42(43,44)45)22-52(49-30)26-20-41(21-26)11-15-51(16-12-41)38(57)23-9-13-50(14-10-23)25-5-6-27-28(18-25)40(59)53(39(27)58)32-7-8-35(54)48-37(32)56/h2-6,17-19,22-23,26,32H,7-16,20-21H2,1H3,(H,47,55)(H,48,54,56). The molecular weight excluding hydrogens is 786 g/mol. The number of nitrogens with zero attached hydrogens (tertiary/aromatic N) is 6. The van der Waals surface area contributed by atoms with E-state index in [0.717, 1.165) is 53.8 Å². The summed E-state index contributed by atoms with van der Waals surface area (Å²) < 4.78 is 46.9. The molecule has 9 rings (SSSR count). The maximum atomic E-state index is 13.7. The molecule has 15 nitrogen and oxygen atoms in total. The van der Waals surface area contributed by atoms with Crippen LogP contribution < -0.4 is 20.3 Å². The number of aromatic nitrogens is 3. The zero-order valence-electron chi connectivity index (χ0n) is 32.6. The van der Waals surface area contributed by atoms with Crippen molar-refractivity contribution in [3.63, 3.8) is 0 Å². The van der Waals surface area contributed by atoms with Gasteiger partial charge in [0.25, 0.3) is 17.7 Å². The highest BCUT2D eigenvalue weighted by Crippen LogP contribution is 2.55. The van der Waals surface area contributed by atoms with Crippen molar-refractivity contribution in [2.24, 2.45) is 11.3 Å². The molecule has 3 saturated heterocycles. The molecule has 312 valence electrons. The van der Waals surface area contributed by atoms with Crippen LogP contribution in [0.3, 0.4) is 0 Å². The number of pyridine rings is 1. The van der Waals surface area contributed by atoms with Crippen LogP contribution in [0.25, 0.3) is 10.9 Å². The van der Waals surface area contributed by atoms with Crippen molar-refractivity contribution in [1.29, 1.82) is 0 Å². The number of likely N-dealkylation sites (tertiary alicyclic amines) is 1. The third-order valence-corrected chi connectivity index (χ3v) is 12.8. The van der Waals surface area contributed by atoms with Crippen molar-refractivity contribution in [1.82, 2.24) is 29.9 Å². The number of piperidine rings is 3. The third-order valence-electron chi connectivity index (χ3n) is 12.8. The van der Waals surface area contributed by atoms with Gasteiger partial charge in [-0.05, 0) is 86.8 Å². The first-order valence-corrected chi connectivity index (χ1v) is 20.0. The molecule has 1 saturated carbocycles. The Morgan fingerprint density at radius 3 is 2.35 bits per heavy atom. The van der Waals surface area contributed by atoms with Gasteiger partial charge in [0.05, 0.1) is 35.5 Å². The van der Waals surface area contributed by atoms with E-state index in [0.29, 0.717) is 50.3 Å². The minimum atomic E-state index is -4.69. The molecule has 60 heavy (non-hydrogen) atoms. The number of ether oxygens (including phenoxy) is 1. The number of methoxy groups -OCH3 is 1. The lowest BCUT2D eigenvalue weighted by Gasteiger charge is -2.52. The Bertz CT molecular complexity index is 2460. The van der Waals surface area contributed by atoms with Crippen molar-refractivity contribution in [3.05, 3.63) is 77.2 Å². The fraction of sp³-hybridized carbons (Fsp3) is 0.429. The van der Waals surface area contributed by atoms with Crippen LogP contribution in [0.4, 0.5) is 24.5 Å². The number of anilines is 2. The topological polar surface area (TPSA) is 176 Å². The Labute approximate surface area is 341 Å². The summed E-state index contributed by atoms with van der Waals surface area (Å²) in [5.41, 5.74) is 0.722. The molecule has 2 aromatic carbocycles. The summed E-state index contributed by atoms with van der Waals surface area (Å²) in [6.45, 7) is 2.58. The maximum Gasteiger partial charge on any atom is 0.433 e. The lowest BCUT2D eigenvalue weighted by Crippen LogP contribution is -2.54. The molecule has 4 fully saturated rings. The number of fused-ring (bicyclic) bond motifs is 2. The van der Waals surface area contributed by atoms with Crippen LogP contribution in [-0.4, -0.2) is 99.3 Å². The molecule has 1 spiro atoms. The van der Waals surface area contributed by atoms with Gasteiger partial charge in [-0.15, -0.1) is 0 Å². The summed E-state index contributed by atoms with van der Waals surface area (Å²) in [7, 11) is 1.43. The van der Waals surface area contributed by atoms with E-state index in [4.69, 9.17) is 9.84 Å². The molecule has 18 heteroatoms. The van der Waals surface area contributed by atoms with Crippen molar-refractivity contribution < 1.29 is 46.7 Å². The maximum absolute atomic E-state index is 13.7. The number of hydrogen-bond acceptors (Lipinski definition) is 10. The van der Waals surface area contributed by atoms with Gasteiger partial charge in [0, 0.05) is 61.9 Å². The van der Waals surface area contributed by atoms with Gasteiger partial charge in [0.1, 0.15) is 23.2 Å². The first kappa shape index (κ1) is 39.1. The fourth-order valence-corrected chi connectivity index (χ4v) is 9.47. The van der Waals surface area contributed by atoms with Gasteiger partial charge in [-0.3, -0.25) is 43.7 Å². The zero-order chi connectivity index (χ0) is 42.1. The van der Waals surface area contributed by atoms with Gasteiger partial charge in [0.15, 0.2) is 0 Å². The minimum absolute atomic E-state index is 0.0523. The number of hydrogen-bond donors (Lipinski definition) is 2. The molecule has 1 atom stereocenters. The molecule has 4 aliphatic heterocycles. The number of imide groups is 2. The number of carbonyl (C=O) groups excluding carboxylic acids is 6. The predicted molar refractivity (Wildman–Crippen MR) is 208 cm³/mol. The highest BCUT2D eigenvalue weighted by molar-refractivity contribution is 6.23. The number of alkyl halides is 3. The molecule has 6 amide bonds. The van der Waals surface area contributed by atoms with Crippen molar-refractivity contribution in [2.45, 2.75) is 69.6 Å². The van der Waals surface area contributed by atoms with E-state index in [1.807, 2.05) is 15.8 Å². The Kier molecular flexibility index (Phi) is 9.62. The van der Waals surface area contributed by atoms with E-state index in [1.54, 1.807) is 30.3 Å². The van der Waals surface area contributed by atoms with Crippen LogP contribution in [-0.2, 0) is 20.6 Å². The summed E-state index contributed by atoms with van der Waals surface area (Å²) >= 11 is 0. The van der Waals surface area contributed by atoms with E-state index in [9.17, 15) is 41.9 Å². The SMILES string of the molecule is COc1cc2nn(C3CC4(CCN(C(=O)C5CCN(c6ccc7c(c6)C(=O)N(C6CCC(=O)NC6=O)C7=O)CC5)CC4)C3)cc2cc1NC(=O)c1cccc(C(F)(F)F)n1. The summed E-state index contributed by atoms with van der Waals surface area (Å²) in [6, 6.07) is 10.7. The molecule has 4 aromatic rings. The fourth-order valence-electron chi connectivity index (χ4n) is 9.47. The number of rotatable bonds is 7. The van der Waals surface area contributed by atoms with Crippen molar-refractivity contribution in [3.8, 4) is 5.75 Å². The number of halogens is 3. The Morgan fingerprint density at radius 2 is 1.65 bits per heavy atom. The van der Waals surface area contributed by atoms with Crippen LogP contribution in [0.1, 0.15) is 94.3 Å². The van der Waals surface area contributed by atoms with Crippen molar-refractivity contribution in [2.75, 3.05) is 43.5 Å². The molecule has 6 heterocycles. The molecule has 1 unspecified atom stereocenters. The number of carbonyl (C=O) groups is 6. The molecule has 0 radical (unpaired) electrons. The average molecular weight is 827 g/mol. The summed E-state index contributed by atoms with van der Waals surface area (Å²) in [5.74, 6) is -2.63. The van der Waals surface area contributed by atoms with E-state index in [1.165, 1.54) is 13.2 Å². The minimum Gasteiger partial charge on any atom is -0.494 e. The molecule has 1 aliphatic carbocycles. The molecule has 5 aliphatic rings. The molecule has 2 N–H and O–H groups in total. The second-order valence-electron chi connectivity index (χ2n) is 16.4. The Hall–Kier alpha value is -6.33. The lowest BCUT2D eigenvalue weighted by molar-refractivity contribution is -0.141. The number of nitrogens with one attached hydrogen (secondary N) is 2. The van der Waals surface area contributed by atoms with E-state index in [2.05, 4.69) is 20.5 Å². The largest absolute Gasteiger partial charge is 0.494 e. The van der Waals surface area contributed by atoms with Gasteiger partial charge in [0.2, 0.25) is 17.7 Å². The van der Waals surface area contributed by atoms with Gasteiger partial charge >= 0.3 is 6.18 Å². The van der Waals surface area contributed by atoms with Crippen LogP contribution >= 0.6 is 0 Å². The van der Waals surface area contributed by atoms with E-state index < -0.39 is 47.4 Å². The van der Waals surface area contributed by atoms with Gasteiger partial charge < -0.3 is 19.9 Å². The third kappa shape index (κ3) is 7.00. The lowest BCUT2D eigenvalue weighted by atomic mass is 9.60. The van der Waals surface area contributed by atoms with Gasteiger partial charge in [-0.2, -0.15) is 18.3 Å². The number of benzene rings is 2. The normalized spacial score (nSPS) is 21.0. The van der Waals surface area contributed by atoms with Crippen LogP contribution in [0.15, 0.2) is 54.7 Å². The summed E-state index contributed by atoms with van der Waals surface area (Å²) in [5, 5.41) is 10.3. The summed E-state index contributed by atoms with van der Waals surface area (Å²) in [6.07, 6.45) is 2.25. The van der Waals surface area contributed by atoms with Gasteiger partial charge in [-0.25, -0.2) is 4.98 Å². The predicted octanol–water partition coefficient (Wildman–Crippen LogP) is 4.97. The first-order chi connectivity index (χ1) is 28.7. The van der Waals surface area contributed by atoms with E-state index >= 15 is 0 Å². The van der Waals surface area contributed by atoms with Crippen LogP contribution in [0.2, 0.25) is 0 Å². The monoisotopic (exact) mass is 826 g/mol. The molecule has 0 bridgehead atoms. The summed E-state index contributed by atoms with van der Waals surface area (Å²) in [4.78, 5) is 85.7. The second-order valence-corrected chi connectivity index (χ2v) is 16.4. The Balaban J connectivity index is 0.771.